The summed E-state index contributed by atoms with van der Waals surface area (Å²) >= 11 is 0. The number of hydrogen-bond acceptors (Lipinski definition) is 10. The number of rotatable bonds is 7. The number of benzene rings is 3. The molecule has 3 aromatic carbocycles. The monoisotopic (exact) mass is 744 g/mol. The molecule has 4 heterocycles. The summed E-state index contributed by atoms with van der Waals surface area (Å²) in [5.41, 5.74) is 11.6. The topological polar surface area (TPSA) is 161 Å². The molecule has 0 bridgehead atoms. The number of aryl methyl sites for hydroxylation is 1. The van der Waals surface area contributed by atoms with Crippen molar-refractivity contribution in [3.63, 3.8) is 0 Å². The molecule has 12 nitrogen and oxygen atoms in total. The molecule has 4 aliphatic rings. The van der Waals surface area contributed by atoms with Crippen molar-refractivity contribution >= 4 is 29.1 Å². The van der Waals surface area contributed by atoms with Gasteiger partial charge in [-0.15, -0.1) is 0 Å². The van der Waals surface area contributed by atoms with Crippen LogP contribution < -0.4 is 16.6 Å². The van der Waals surface area contributed by atoms with Crippen LogP contribution in [-0.2, 0) is 48.9 Å². The highest BCUT2D eigenvalue weighted by Gasteiger charge is 2.51. The zero-order valence-corrected chi connectivity index (χ0v) is 30.2. The third kappa shape index (κ3) is 5.24. The molecule has 55 heavy (non-hydrogen) atoms. The molecule has 2 aliphatic carbocycles. The van der Waals surface area contributed by atoms with Gasteiger partial charge in [0.15, 0.2) is 0 Å². The van der Waals surface area contributed by atoms with Crippen molar-refractivity contribution in [1.29, 1.82) is 0 Å². The maximum absolute atomic E-state index is 15.5. The van der Waals surface area contributed by atoms with Gasteiger partial charge in [-0.3, -0.25) is 4.79 Å². The number of carbonyl (C=O) groups is 3. The number of ether oxygens (including phenoxy) is 4. The van der Waals surface area contributed by atoms with Gasteiger partial charge in [0.1, 0.15) is 25.6 Å². The summed E-state index contributed by atoms with van der Waals surface area (Å²) in [6.45, 7) is 3.17. The number of halogens is 1. The number of fused-ring (bicyclic) bond motifs is 8. The molecule has 0 saturated carbocycles. The predicted molar refractivity (Wildman–Crippen MR) is 198 cm³/mol. The van der Waals surface area contributed by atoms with E-state index in [0.29, 0.717) is 40.9 Å². The van der Waals surface area contributed by atoms with Crippen LogP contribution in [-0.4, -0.2) is 47.5 Å². The fraction of sp³-hybridized carbons (Fsp3) is 0.310. The second-order valence-corrected chi connectivity index (χ2v) is 14.3. The zero-order valence-electron chi connectivity index (χ0n) is 30.2. The summed E-state index contributed by atoms with van der Waals surface area (Å²) in [6.07, 6.45) is -0.846. The summed E-state index contributed by atoms with van der Waals surface area (Å²) < 4.78 is 39.0. The molecule has 0 radical (unpaired) electrons. The van der Waals surface area contributed by atoms with Crippen LogP contribution in [0, 0.1) is 12.7 Å². The lowest BCUT2D eigenvalue weighted by atomic mass is 9.81. The van der Waals surface area contributed by atoms with Crippen LogP contribution >= 0.6 is 0 Å². The van der Waals surface area contributed by atoms with Crippen molar-refractivity contribution < 1.29 is 37.7 Å². The summed E-state index contributed by atoms with van der Waals surface area (Å²) in [5.74, 6) is -1.38. The van der Waals surface area contributed by atoms with Crippen molar-refractivity contribution in [3.05, 3.63) is 121 Å². The minimum Gasteiger partial charge on any atom is -0.457 e. The minimum absolute atomic E-state index is 0.0435. The van der Waals surface area contributed by atoms with E-state index in [1.165, 1.54) is 10.6 Å². The molecule has 2 atom stereocenters. The van der Waals surface area contributed by atoms with Gasteiger partial charge in [0.25, 0.3) is 5.56 Å². The Hall–Kier alpha value is -6.08. The van der Waals surface area contributed by atoms with Crippen molar-refractivity contribution in [2.45, 2.75) is 63.8 Å². The first-order valence-electron chi connectivity index (χ1n) is 18.4. The average molecular weight is 745 g/mol. The highest BCUT2D eigenvalue weighted by atomic mass is 19.1. The highest BCUT2D eigenvalue weighted by molar-refractivity contribution is 5.94. The Balaban J connectivity index is 1.10. The lowest BCUT2D eigenvalue weighted by Crippen LogP contribution is -2.47. The van der Waals surface area contributed by atoms with E-state index in [9.17, 15) is 19.2 Å². The Morgan fingerprint density at radius 1 is 1.04 bits per heavy atom. The van der Waals surface area contributed by atoms with Crippen LogP contribution in [0.5, 0.6) is 0 Å². The number of carbonyl (C=O) groups excluding carboxylic acids is 3. The molecule has 0 unspecified atom stereocenters. The van der Waals surface area contributed by atoms with Crippen LogP contribution in [0.2, 0.25) is 0 Å². The number of nitrogens with one attached hydrogen (secondary N) is 1. The summed E-state index contributed by atoms with van der Waals surface area (Å²) in [7, 11) is 0. The van der Waals surface area contributed by atoms with Gasteiger partial charge in [-0.25, -0.2) is 23.8 Å². The van der Waals surface area contributed by atoms with Crippen molar-refractivity contribution in [3.8, 4) is 22.5 Å². The van der Waals surface area contributed by atoms with Gasteiger partial charge in [0.05, 0.1) is 35.1 Å². The molecule has 5 aromatic rings. The number of hydrogen-bond donors (Lipinski definition) is 2. The molecular weight excluding hydrogens is 707 g/mol. The first-order chi connectivity index (χ1) is 26.6. The third-order valence-electron chi connectivity index (χ3n) is 11.6. The smallest absolute Gasteiger partial charge is 0.457 e. The SMILES string of the molecule is CC[C@@]1(OC(=O)OCCN)C(=O)OCc2c1cc1n(c2=O)Cc2c-1nc1cc(F)c(C)c3c1c2[C@@H](NC(=O)OCC1c2ccccc2-c2ccccc21)CC3. The quantitative estimate of drug-likeness (QED) is 0.143. The molecule has 280 valence electrons. The van der Waals surface area contributed by atoms with Crippen LogP contribution in [0.1, 0.15) is 76.2 Å². The fourth-order valence-electron chi connectivity index (χ4n) is 8.95. The van der Waals surface area contributed by atoms with E-state index in [4.69, 9.17) is 29.7 Å². The molecule has 0 saturated heterocycles. The number of amides is 1. The summed E-state index contributed by atoms with van der Waals surface area (Å²) in [4.78, 5) is 59.0. The molecule has 0 fully saturated rings. The van der Waals surface area contributed by atoms with Gasteiger partial charge in [0.2, 0.25) is 5.60 Å². The molecular formula is C42H37FN4O8. The molecule has 13 heteroatoms. The van der Waals surface area contributed by atoms with Crippen molar-refractivity contribution in [2.75, 3.05) is 19.8 Å². The van der Waals surface area contributed by atoms with E-state index in [-0.39, 0.29) is 56.4 Å². The average Bonchev–Trinajstić information content (AvgIpc) is 3.72. The van der Waals surface area contributed by atoms with E-state index in [1.807, 2.05) is 24.3 Å². The molecule has 1 amide bonds. The standard InChI is InChI=1S/C42H37FN4O8/c1-3-42(55-41(51)52-15-14-44)30-16-34-37-27(18-47(34)38(48)29(30)20-53-39(42)49)36-32(13-12-22-21(2)31(43)17-33(45-37)35(22)36)46-40(50)54-19-28-25-10-6-4-8-23(25)24-9-5-7-11-26(24)28/h4-11,16-17,28,32H,3,12-15,18-20,44H2,1-2H3,(H,46,50)/t32-,42-/m0/s1. The molecule has 9 rings (SSSR count). The maximum atomic E-state index is 15.5. The second-order valence-electron chi connectivity index (χ2n) is 14.3. The van der Waals surface area contributed by atoms with E-state index >= 15 is 4.39 Å². The van der Waals surface area contributed by atoms with Gasteiger partial charge in [-0.2, -0.15) is 0 Å². The van der Waals surface area contributed by atoms with Gasteiger partial charge in [-0.05, 0) is 71.2 Å². The fourth-order valence-corrected chi connectivity index (χ4v) is 8.95. The number of nitrogens with two attached hydrogens (primary N) is 1. The number of aromatic nitrogens is 2. The number of alkyl carbamates (subject to hydrolysis) is 1. The summed E-state index contributed by atoms with van der Waals surface area (Å²) in [5, 5.41) is 3.83. The molecule has 0 spiro atoms. The number of pyridine rings is 2. The summed E-state index contributed by atoms with van der Waals surface area (Å²) in [6, 6.07) is 18.7. The van der Waals surface area contributed by atoms with E-state index < -0.39 is 41.2 Å². The first kappa shape index (κ1) is 34.7. The lowest BCUT2D eigenvalue weighted by molar-refractivity contribution is -0.175. The lowest BCUT2D eigenvalue weighted by Gasteiger charge is -2.35. The van der Waals surface area contributed by atoms with Crippen LogP contribution in [0.3, 0.4) is 0 Å². The molecule has 2 aliphatic heterocycles. The normalized spacial score (nSPS) is 18.8. The first-order valence-corrected chi connectivity index (χ1v) is 18.4. The van der Waals surface area contributed by atoms with Gasteiger partial charge in [-0.1, -0.05) is 55.5 Å². The Morgan fingerprint density at radius 2 is 1.76 bits per heavy atom. The van der Waals surface area contributed by atoms with Gasteiger partial charge >= 0.3 is 18.2 Å². The van der Waals surface area contributed by atoms with Gasteiger partial charge in [0, 0.05) is 35.0 Å². The van der Waals surface area contributed by atoms with E-state index in [1.54, 1.807) is 19.9 Å². The van der Waals surface area contributed by atoms with Crippen LogP contribution in [0.15, 0.2) is 65.5 Å². The third-order valence-corrected chi connectivity index (χ3v) is 11.6. The van der Waals surface area contributed by atoms with Crippen LogP contribution in [0.25, 0.3) is 33.4 Å². The predicted octanol–water partition coefficient (Wildman–Crippen LogP) is 6.17. The van der Waals surface area contributed by atoms with E-state index in [2.05, 4.69) is 29.6 Å². The van der Waals surface area contributed by atoms with Crippen molar-refractivity contribution in [2.24, 2.45) is 5.73 Å². The van der Waals surface area contributed by atoms with E-state index in [0.717, 1.165) is 38.8 Å². The van der Waals surface area contributed by atoms with Gasteiger partial charge < -0.3 is 34.6 Å². The molecule has 2 aromatic heterocycles. The maximum Gasteiger partial charge on any atom is 0.509 e. The van der Waals surface area contributed by atoms with Crippen molar-refractivity contribution in [1.82, 2.24) is 14.9 Å². The Bertz CT molecular complexity index is 2500. The zero-order chi connectivity index (χ0) is 38.2. The number of cyclic esters (lactones) is 1. The highest BCUT2D eigenvalue weighted by Crippen LogP contribution is 2.47. The van der Waals surface area contributed by atoms with Crippen LogP contribution in [0.4, 0.5) is 14.0 Å². The Morgan fingerprint density at radius 3 is 2.47 bits per heavy atom. The largest absolute Gasteiger partial charge is 0.509 e. The Labute approximate surface area is 314 Å². The minimum atomic E-state index is -1.97. The Kier molecular flexibility index (Phi) is 8.23. The number of esters is 1. The second kappa shape index (κ2) is 13.0. The molecule has 3 N–H and O–H groups in total. The number of nitrogens with zero attached hydrogens (tertiary/aromatic N) is 2.